The van der Waals surface area contributed by atoms with E-state index in [9.17, 15) is 13.0 Å². The molecule has 0 aliphatic carbocycles. The highest BCUT2D eigenvalue weighted by molar-refractivity contribution is 7.85. The maximum absolute atomic E-state index is 11.9. The summed E-state index contributed by atoms with van der Waals surface area (Å²) in [4.78, 5) is 2.20. The Kier molecular flexibility index (Phi) is 7.34. The number of aryl methyl sites for hydroxylation is 1. The van der Waals surface area contributed by atoms with Crippen molar-refractivity contribution in [2.24, 2.45) is 10.8 Å². The number of rotatable bonds is 7. The van der Waals surface area contributed by atoms with Crippen LogP contribution in [0.4, 0.5) is 11.4 Å². The van der Waals surface area contributed by atoms with Gasteiger partial charge in [-0.3, -0.25) is 4.55 Å². The molecule has 2 heterocycles. The molecule has 0 bridgehead atoms. The number of hydrogen-bond acceptors (Lipinski definition) is 3. The summed E-state index contributed by atoms with van der Waals surface area (Å²) < 4.78 is 35.9. The van der Waals surface area contributed by atoms with Crippen LogP contribution in [-0.4, -0.2) is 36.3 Å². The van der Waals surface area contributed by atoms with Crippen LogP contribution in [0.3, 0.4) is 0 Å². The first kappa shape index (κ1) is 30.3. The number of fused-ring (bicyclic) bond motifs is 2. The third-order valence-corrected chi connectivity index (χ3v) is 9.67. The fourth-order valence-electron chi connectivity index (χ4n) is 6.97. The molecule has 216 valence electrons. The minimum absolute atomic E-state index is 0.0644. The monoisotopic (exact) mass is 563 g/mol. The zero-order chi connectivity index (χ0) is 30.1. The van der Waals surface area contributed by atoms with E-state index in [0.717, 1.165) is 30.0 Å². The lowest BCUT2D eigenvalue weighted by Gasteiger charge is -2.31. The second-order valence-electron chi connectivity index (χ2n) is 13.7. The smallest absolute Gasteiger partial charge is 0.294 e. The highest BCUT2D eigenvalue weighted by Gasteiger charge is 2.51. The van der Waals surface area contributed by atoms with E-state index >= 15 is 0 Å². The third kappa shape index (κ3) is 4.98. The molecule has 2 aromatic carbocycles. The molecule has 2 aliphatic rings. The number of likely N-dealkylation sites (N-methyl/N-ethyl adjacent to an activating group) is 1. The van der Waals surface area contributed by atoms with Gasteiger partial charge < -0.3 is 4.90 Å². The topological polar surface area (TPSA) is 60.6 Å². The molecular weight excluding hydrogens is 516 g/mol. The fraction of sp³-hybridized carbons (Fsp3) is 0.500. The van der Waals surface area contributed by atoms with Crippen molar-refractivity contribution in [1.82, 2.24) is 0 Å². The van der Waals surface area contributed by atoms with Gasteiger partial charge in [-0.2, -0.15) is 13.0 Å². The van der Waals surface area contributed by atoms with Crippen LogP contribution in [0.5, 0.6) is 0 Å². The third-order valence-electron chi connectivity index (χ3n) is 8.82. The molecule has 0 amide bonds. The van der Waals surface area contributed by atoms with Crippen LogP contribution < -0.4 is 4.90 Å². The molecule has 0 fully saturated rings. The molecule has 0 aromatic heterocycles. The number of anilines is 1. The van der Waals surface area contributed by atoms with Crippen LogP contribution in [0.15, 0.2) is 65.2 Å². The van der Waals surface area contributed by atoms with Crippen LogP contribution >= 0.6 is 0 Å². The van der Waals surface area contributed by atoms with Gasteiger partial charge in [0, 0.05) is 40.4 Å². The first-order chi connectivity index (χ1) is 18.3. The van der Waals surface area contributed by atoms with Gasteiger partial charge in [0.05, 0.1) is 15.7 Å². The summed E-state index contributed by atoms with van der Waals surface area (Å²) in [6.07, 6.45) is 7.00. The van der Waals surface area contributed by atoms with Gasteiger partial charge in [-0.15, -0.1) is 0 Å². The van der Waals surface area contributed by atoms with Crippen LogP contribution in [-0.2, 0) is 20.9 Å². The summed E-state index contributed by atoms with van der Waals surface area (Å²) in [6, 6.07) is 11.7. The molecule has 5 nitrogen and oxygen atoms in total. The Morgan fingerprint density at radius 3 is 2.15 bits per heavy atom. The Labute approximate surface area is 242 Å². The second-order valence-corrected chi connectivity index (χ2v) is 15.1. The Morgan fingerprint density at radius 2 is 1.57 bits per heavy atom. The summed E-state index contributed by atoms with van der Waals surface area (Å²) in [5, 5.41) is 0. The van der Waals surface area contributed by atoms with Crippen LogP contribution in [0.1, 0.15) is 85.9 Å². The van der Waals surface area contributed by atoms with Crippen molar-refractivity contribution in [1.29, 1.82) is 0 Å². The Bertz CT molecular complexity index is 1550. The van der Waals surface area contributed by atoms with E-state index in [2.05, 4.69) is 122 Å². The van der Waals surface area contributed by atoms with Gasteiger partial charge in [0.2, 0.25) is 5.69 Å². The maximum atomic E-state index is 11.9. The second kappa shape index (κ2) is 9.70. The van der Waals surface area contributed by atoms with Gasteiger partial charge in [-0.25, -0.2) is 0 Å². The number of benzene rings is 2. The lowest BCUT2D eigenvalue weighted by Crippen LogP contribution is -2.40. The molecule has 2 aromatic rings. The fourth-order valence-corrected chi connectivity index (χ4v) is 7.48. The van der Waals surface area contributed by atoms with Crippen molar-refractivity contribution in [3.8, 4) is 0 Å². The standard InChI is InChI=1S/C34H46N2O3S/c1-12-35-27-17-15-24(40(37,38)39)21-26(27)33(8,9)29(35)22-31(4,5)18-19-32(6,7)30-34(10,11)25-20-23(3)14-16-28(25)36(30)13-2/h14-22H,12-13H2,1-11H3/p+1/b19-18+,29-22+. The molecule has 0 spiro atoms. The first-order valence-corrected chi connectivity index (χ1v) is 15.8. The quantitative estimate of drug-likeness (QED) is 0.211. The number of nitrogens with zero attached hydrogens (tertiary/aromatic N) is 2. The van der Waals surface area contributed by atoms with Crippen LogP contribution in [0, 0.1) is 17.8 Å². The van der Waals surface area contributed by atoms with Crippen molar-refractivity contribution >= 4 is 27.2 Å². The van der Waals surface area contributed by atoms with E-state index in [1.165, 1.54) is 28.6 Å². The van der Waals surface area contributed by atoms with Crippen molar-refractivity contribution in [3.05, 3.63) is 77.0 Å². The maximum Gasteiger partial charge on any atom is 0.294 e. The predicted molar refractivity (Wildman–Crippen MR) is 167 cm³/mol. The molecule has 0 unspecified atom stereocenters. The molecule has 0 radical (unpaired) electrons. The first-order valence-electron chi connectivity index (χ1n) is 14.4. The average molecular weight is 564 g/mol. The average Bonchev–Trinajstić information content (AvgIpc) is 3.20. The van der Waals surface area contributed by atoms with Crippen molar-refractivity contribution in [2.75, 3.05) is 18.0 Å². The van der Waals surface area contributed by atoms with Crippen molar-refractivity contribution in [3.63, 3.8) is 0 Å². The lowest BCUT2D eigenvalue weighted by molar-refractivity contribution is -0.437. The van der Waals surface area contributed by atoms with E-state index < -0.39 is 15.5 Å². The van der Waals surface area contributed by atoms with Gasteiger partial charge in [0.1, 0.15) is 6.54 Å². The SMILES string of the molecule is CCN1/C(=C/C(C)(C)/C=C/C(C)(C)C2=[N+](CC)c3ccc(C)cc3C2(C)C)C(C)(C)c2cc(S(=O)(=O)O)ccc21. The van der Waals surface area contributed by atoms with Gasteiger partial charge in [0.25, 0.3) is 10.1 Å². The van der Waals surface area contributed by atoms with Gasteiger partial charge in [-0.05, 0) is 78.3 Å². The molecule has 40 heavy (non-hydrogen) atoms. The number of hydrogen-bond donors (Lipinski definition) is 1. The summed E-state index contributed by atoms with van der Waals surface area (Å²) in [7, 11) is -4.28. The zero-order valence-corrected chi connectivity index (χ0v) is 27.0. The summed E-state index contributed by atoms with van der Waals surface area (Å²) in [5.41, 5.74) is 7.45. The molecule has 4 rings (SSSR count). The lowest BCUT2D eigenvalue weighted by atomic mass is 9.69. The highest BCUT2D eigenvalue weighted by atomic mass is 32.2. The Morgan fingerprint density at radius 1 is 0.925 bits per heavy atom. The highest BCUT2D eigenvalue weighted by Crippen LogP contribution is 2.50. The Balaban J connectivity index is 1.75. The molecule has 6 heteroatoms. The summed E-state index contributed by atoms with van der Waals surface area (Å²) in [5.74, 6) is 0. The van der Waals surface area contributed by atoms with Crippen LogP contribution in [0.2, 0.25) is 0 Å². The zero-order valence-electron chi connectivity index (χ0n) is 26.2. The van der Waals surface area contributed by atoms with E-state index in [0.29, 0.717) is 0 Å². The molecule has 0 saturated heterocycles. The molecular formula is C34H47N2O3S+. The van der Waals surface area contributed by atoms with E-state index in [1.54, 1.807) is 6.07 Å². The summed E-state index contributed by atoms with van der Waals surface area (Å²) in [6.45, 7) is 26.2. The van der Waals surface area contributed by atoms with Gasteiger partial charge in [0.15, 0.2) is 5.71 Å². The normalized spacial score (nSPS) is 19.6. The van der Waals surface area contributed by atoms with E-state index in [4.69, 9.17) is 0 Å². The minimum atomic E-state index is -4.28. The van der Waals surface area contributed by atoms with Crippen molar-refractivity contribution < 1.29 is 17.5 Å². The van der Waals surface area contributed by atoms with Crippen LogP contribution in [0.25, 0.3) is 0 Å². The number of allylic oxidation sites excluding steroid dienone is 4. The van der Waals surface area contributed by atoms with Gasteiger partial charge in [-0.1, -0.05) is 57.6 Å². The molecule has 2 aliphatic heterocycles. The Hall–Kier alpha value is -2.70. The molecule has 0 atom stereocenters. The largest absolute Gasteiger partial charge is 0.345 e. The predicted octanol–water partition coefficient (Wildman–Crippen LogP) is 7.95. The minimum Gasteiger partial charge on any atom is -0.345 e. The summed E-state index contributed by atoms with van der Waals surface area (Å²) >= 11 is 0. The van der Waals surface area contributed by atoms with E-state index in [1.807, 2.05) is 6.07 Å². The molecule has 1 N–H and O–H groups in total. The van der Waals surface area contributed by atoms with E-state index in [-0.39, 0.29) is 21.1 Å². The molecule has 0 saturated carbocycles. The van der Waals surface area contributed by atoms with Gasteiger partial charge >= 0.3 is 0 Å². The van der Waals surface area contributed by atoms with Crippen molar-refractivity contribution in [2.45, 2.75) is 91.9 Å².